The van der Waals surface area contributed by atoms with Crippen molar-refractivity contribution in [2.45, 2.75) is 0 Å². The minimum atomic E-state index is -0.628. The summed E-state index contributed by atoms with van der Waals surface area (Å²) in [5.41, 5.74) is -0.171. The van der Waals surface area contributed by atoms with Crippen LogP contribution >= 0.6 is 0 Å². The van der Waals surface area contributed by atoms with Crippen LogP contribution in [0.5, 0.6) is 5.75 Å². The monoisotopic (exact) mass is 228 g/mol. The molecule has 1 heterocycles. The first-order valence-corrected chi connectivity index (χ1v) is 4.75. The maximum absolute atomic E-state index is 11.1. The summed E-state index contributed by atoms with van der Waals surface area (Å²) in [7, 11) is 1.57. The van der Waals surface area contributed by atoms with Crippen molar-refractivity contribution in [2.24, 2.45) is 0 Å². The number of hydrogen-bond acceptors (Lipinski definition) is 5. The molecule has 1 aromatic carbocycles. The average Bonchev–Trinajstić information content (AvgIpc) is 2.39. The summed E-state index contributed by atoms with van der Waals surface area (Å²) in [4.78, 5) is 14.7. The van der Waals surface area contributed by atoms with E-state index in [1.807, 2.05) is 0 Å². The summed E-state index contributed by atoms with van der Waals surface area (Å²) in [6.07, 6.45) is 1.27. The van der Waals surface area contributed by atoms with Gasteiger partial charge in [0.2, 0.25) is 5.69 Å². The summed E-state index contributed by atoms with van der Waals surface area (Å²) in [5.74, 6) is 0.711. The van der Waals surface area contributed by atoms with E-state index in [0.717, 1.165) is 0 Å². The molecule has 0 unspecified atom stereocenters. The van der Waals surface area contributed by atoms with E-state index in [1.165, 1.54) is 11.0 Å². The topological polar surface area (TPSA) is 80.8 Å². The van der Waals surface area contributed by atoms with Gasteiger partial charge in [0, 0.05) is 0 Å². The quantitative estimate of drug-likeness (QED) is 0.748. The summed E-state index contributed by atoms with van der Waals surface area (Å²) < 4.78 is 6.38. The number of benzene rings is 1. The molecule has 0 aliphatic rings. The fourth-order valence-corrected chi connectivity index (χ4v) is 1.27. The molecular formula is C11H8N4O2. The molecule has 17 heavy (non-hydrogen) atoms. The van der Waals surface area contributed by atoms with Crippen molar-refractivity contribution >= 4 is 0 Å². The molecule has 0 atom stereocenters. The zero-order valence-corrected chi connectivity index (χ0v) is 8.99. The van der Waals surface area contributed by atoms with Gasteiger partial charge in [-0.2, -0.15) is 10.2 Å². The van der Waals surface area contributed by atoms with Gasteiger partial charge in [0.05, 0.1) is 12.8 Å². The highest BCUT2D eigenvalue weighted by Crippen LogP contribution is 2.13. The Morgan fingerprint density at radius 2 is 2.06 bits per heavy atom. The SMILES string of the molecule is COc1ccc(-n2cnc(=O)c(C#N)n2)cc1. The third-order valence-electron chi connectivity index (χ3n) is 2.14. The van der Waals surface area contributed by atoms with Crippen molar-refractivity contribution in [3.05, 3.63) is 46.6 Å². The van der Waals surface area contributed by atoms with E-state index < -0.39 is 5.56 Å². The van der Waals surface area contributed by atoms with Crippen LogP contribution in [-0.4, -0.2) is 21.9 Å². The zero-order chi connectivity index (χ0) is 12.3. The van der Waals surface area contributed by atoms with Gasteiger partial charge in [-0.05, 0) is 24.3 Å². The first kappa shape index (κ1) is 10.8. The van der Waals surface area contributed by atoms with Crippen LogP contribution in [0.2, 0.25) is 0 Å². The van der Waals surface area contributed by atoms with E-state index in [9.17, 15) is 4.79 Å². The maximum atomic E-state index is 11.1. The molecule has 0 aliphatic carbocycles. The number of methoxy groups -OCH3 is 1. The molecule has 6 heteroatoms. The van der Waals surface area contributed by atoms with E-state index in [2.05, 4.69) is 10.1 Å². The van der Waals surface area contributed by atoms with Crippen molar-refractivity contribution in [1.82, 2.24) is 14.8 Å². The third kappa shape index (κ3) is 2.13. The molecule has 0 saturated carbocycles. The summed E-state index contributed by atoms with van der Waals surface area (Å²) >= 11 is 0. The third-order valence-corrected chi connectivity index (χ3v) is 2.14. The minimum absolute atomic E-state index is 0.233. The number of ether oxygens (including phenoxy) is 1. The second kappa shape index (κ2) is 4.45. The predicted octanol–water partition coefficient (Wildman–Crippen LogP) is 0.508. The zero-order valence-electron chi connectivity index (χ0n) is 8.99. The molecule has 0 saturated heterocycles. The van der Waals surface area contributed by atoms with Gasteiger partial charge in [0.25, 0.3) is 0 Å². The molecule has 0 fully saturated rings. The molecule has 84 valence electrons. The van der Waals surface area contributed by atoms with Crippen LogP contribution < -0.4 is 10.3 Å². The summed E-state index contributed by atoms with van der Waals surface area (Å²) in [5, 5.41) is 12.5. The molecule has 0 N–H and O–H groups in total. The lowest BCUT2D eigenvalue weighted by molar-refractivity contribution is 0.414. The van der Waals surface area contributed by atoms with Crippen LogP contribution in [-0.2, 0) is 0 Å². The lowest BCUT2D eigenvalue weighted by Crippen LogP contribution is -2.17. The Balaban J connectivity index is 2.46. The highest BCUT2D eigenvalue weighted by molar-refractivity contribution is 5.36. The molecule has 2 aromatic rings. The van der Waals surface area contributed by atoms with Gasteiger partial charge in [-0.15, -0.1) is 5.10 Å². The highest BCUT2D eigenvalue weighted by Gasteiger charge is 2.03. The Labute approximate surface area is 96.7 Å². The van der Waals surface area contributed by atoms with Crippen molar-refractivity contribution in [3.63, 3.8) is 0 Å². The van der Waals surface area contributed by atoms with Crippen LogP contribution in [0.25, 0.3) is 5.69 Å². The van der Waals surface area contributed by atoms with Gasteiger partial charge in [-0.1, -0.05) is 0 Å². The summed E-state index contributed by atoms with van der Waals surface area (Å²) in [6, 6.07) is 8.70. The first-order valence-electron chi connectivity index (χ1n) is 4.75. The summed E-state index contributed by atoms with van der Waals surface area (Å²) in [6.45, 7) is 0. The van der Waals surface area contributed by atoms with E-state index >= 15 is 0 Å². The molecule has 0 spiro atoms. The number of rotatable bonds is 2. The fourth-order valence-electron chi connectivity index (χ4n) is 1.27. The Kier molecular flexibility index (Phi) is 2.83. The van der Waals surface area contributed by atoms with E-state index in [4.69, 9.17) is 10.00 Å². The van der Waals surface area contributed by atoms with Gasteiger partial charge in [0.15, 0.2) is 0 Å². The Morgan fingerprint density at radius 1 is 1.35 bits per heavy atom. The average molecular weight is 228 g/mol. The minimum Gasteiger partial charge on any atom is -0.497 e. The van der Waals surface area contributed by atoms with E-state index in [1.54, 1.807) is 37.4 Å². The molecule has 0 aliphatic heterocycles. The van der Waals surface area contributed by atoms with Crippen molar-refractivity contribution < 1.29 is 4.74 Å². The van der Waals surface area contributed by atoms with Crippen LogP contribution in [0.4, 0.5) is 0 Å². The number of nitriles is 1. The first-order chi connectivity index (χ1) is 8.24. The highest BCUT2D eigenvalue weighted by atomic mass is 16.5. The number of aromatic nitrogens is 3. The van der Waals surface area contributed by atoms with Gasteiger partial charge in [-0.3, -0.25) is 4.79 Å². The lowest BCUT2D eigenvalue weighted by atomic mass is 10.3. The Morgan fingerprint density at radius 3 is 2.65 bits per heavy atom. The van der Waals surface area contributed by atoms with Crippen molar-refractivity contribution in [1.29, 1.82) is 5.26 Å². The number of nitrogens with zero attached hydrogens (tertiary/aromatic N) is 4. The molecule has 0 amide bonds. The lowest BCUT2D eigenvalue weighted by Gasteiger charge is -2.05. The predicted molar refractivity (Wildman–Crippen MR) is 58.9 cm³/mol. The smallest absolute Gasteiger partial charge is 0.309 e. The molecule has 6 nitrogen and oxygen atoms in total. The largest absolute Gasteiger partial charge is 0.497 e. The molecular weight excluding hydrogens is 220 g/mol. The van der Waals surface area contributed by atoms with E-state index in [-0.39, 0.29) is 5.69 Å². The Bertz CT molecular complexity index is 625. The second-order valence-electron chi connectivity index (χ2n) is 3.15. The number of hydrogen-bond donors (Lipinski definition) is 0. The van der Waals surface area contributed by atoms with Crippen molar-refractivity contribution in [2.75, 3.05) is 7.11 Å². The van der Waals surface area contributed by atoms with Crippen LogP contribution in [0.15, 0.2) is 35.4 Å². The molecule has 0 bridgehead atoms. The second-order valence-corrected chi connectivity index (χ2v) is 3.15. The van der Waals surface area contributed by atoms with Crippen molar-refractivity contribution in [3.8, 4) is 17.5 Å². The fraction of sp³-hybridized carbons (Fsp3) is 0.0909. The van der Waals surface area contributed by atoms with Gasteiger partial charge >= 0.3 is 5.56 Å². The normalized spacial score (nSPS) is 9.65. The standard InChI is InChI=1S/C11H8N4O2/c1-17-9-4-2-8(3-5-9)15-7-13-11(16)10(6-12)14-15/h2-5,7H,1H3. The van der Waals surface area contributed by atoms with E-state index in [0.29, 0.717) is 11.4 Å². The molecule has 2 rings (SSSR count). The molecule has 0 radical (unpaired) electrons. The maximum Gasteiger partial charge on any atom is 0.309 e. The van der Waals surface area contributed by atoms with Gasteiger partial charge in [-0.25, -0.2) is 4.68 Å². The van der Waals surface area contributed by atoms with Crippen LogP contribution in [0.3, 0.4) is 0 Å². The van der Waals surface area contributed by atoms with Gasteiger partial charge < -0.3 is 4.74 Å². The van der Waals surface area contributed by atoms with Crippen LogP contribution in [0, 0.1) is 11.3 Å². The van der Waals surface area contributed by atoms with Gasteiger partial charge in [0.1, 0.15) is 18.1 Å². The van der Waals surface area contributed by atoms with Crippen LogP contribution in [0.1, 0.15) is 5.69 Å². The Hall–Kier alpha value is -2.68. The molecule has 1 aromatic heterocycles.